The molecule has 1 N–H and O–H groups in total. The number of rotatable bonds is 8. The van der Waals surface area contributed by atoms with Crippen LogP contribution in [0.2, 0.25) is 0 Å². The Hall–Kier alpha value is -3.15. The third-order valence-electron chi connectivity index (χ3n) is 3.01. The summed E-state index contributed by atoms with van der Waals surface area (Å²) in [4.78, 5) is 31.3. The molecule has 29 heavy (non-hydrogen) atoms. The standard InChI is InChI=1S/C11H12O2.C8H14O2.C4H6O2/c1-9(2)11(12)13-8-10-6-4-3-5-7-10;1-4-5-6-10-8(9)7(2)3;1-3(2)4(5)6/h3-7H,1,8H2,2H3;2,4-6H2,1,3H3;1H2,2H3,(H,5,6). The van der Waals surface area contributed by atoms with E-state index >= 15 is 0 Å². The van der Waals surface area contributed by atoms with Crippen LogP contribution in [0, 0.1) is 0 Å². The van der Waals surface area contributed by atoms with E-state index in [1.54, 1.807) is 13.8 Å². The number of carboxylic acids is 1. The Morgan fingerprint density at radius 2 is 1.31 bits per heavy atom. The third kappa shape index (κ3) is 18.0. The highest BCUT2D eigenvalue weighted by atomic mass is 16.5. The zero-order chi connectivity index (χ0) is 22.8. The number of benzene rings is 1. The van der Waals surface area contributed by atoms with Crippen molar-refractivity contribution in [2.24, 2.45) is 0 Å². The summed E-state index contributed by atoms with van der Waals surface area (Å²) in [5.74, 6) is -1.56. The van der Waals surface area contributed by atoms with Gasteiger partial charge in [-0.3, -0.25) is 0 Å². The first-order valence-corrected chi connectivity index (χ1v) is 9.10. The third-order valence-corrected chi connectivity index (χ3v) is 3.01. The minimum Gasteiger partial charge on any atom is -0.478 e. The van der Waals surface area contributed by atoms with Gasteiger partial charge in [0.05, 0.1) is 6.61 Å². The smallest absolute Gasteiger partial charge is 0.333 e. The van der Waals surface area contributed by atoms with E-state index in [1.807, 2.05) is 30.3 Å². The summed E-state index contributed by atoms with van der Waals surface area (Å²) < 4.78 is 9.76. The second-order valence-electron chi connectivity index (χ2n) is 6.20. The number of carbonyl (C=O) groups excluding carboxylic acids is 2. The van der Waals surface area contributed by atoms with Crippen LogP contribution in [0.25, 0.3) is 0 Å². The van der Waals surface area contributed by atoms with Crippen molar-refractivity contribution in [3.05, 3.63) is 72.4 Å². The number of unbranched alkanes of at least 4 members (excludes halogenated alkanes) is 1. The molecule has 0 spiro atoms. The van der Waals surface area contributed by atoms with Crippen LogP contribution < -0.4 is 0 Å². The van der Waals surface area contributed by atoms with Gasteiger partial charge in [0.15, 0.2) is 0 Å². The van der Waals surface area contributed by atoms with E-state index in [0.29, 0.717) is 24.4 Å². The lowest BCUT2D eigenvalue weighted by atomic mass is 10.2. The molecule has 0 heterocycles. The van der Waals surface area contributed by atoms with Gasteiger partial charge in [-0.2, -0.15) is 0 Å². The molecule has 1 rings (SSSR count). The summed E-state index contributed by atoms with van der Waals surface area (Å²) in [5, 5.41) is 7.89. The van der Waals surface area contributed by atoms with E-state index < -0.39 is 5.97 Å². The Balaban J connectivity index is 0. The summed E-state index contributed by atoms with van der Waals surface area (Å²) in [7, 11) is 0. The maximum atomic E-state index is 11.0. The molecular weight excluding hydrogens is 372 g/mol. The van der Waals surface area contributed by atoms with Crippen LogP contribution in [-0.2, 0) is 30.5 Å². The zero-order valence-electron chi connectivity index (χ0n) is 17.8. The Labute approximate surface area is 173 Å². The number of carbonyl (C=O) groups is 3. The van der Waals surface area contributed by atoms with Gasteiger partial charge in [-0.05, 0) is 32.8 Å². The molecule has 0 saturated carbocycles. The summed E-state index contributed by atoms with van der Waals surface area (Å²) in [6.07, 6.45) is 1.97. The number of carboxylic acid groups (broad SMARTS) is 1. The molecule has 0 aliphatic heterocycles. The summed E-state index contributed by atoms with van der Waals surface area (Å²) in [6, 6.07) is 9.55. The average molecular weight is 405 g/mol. The number of esters is 2. The van der Waals surface area contributed by atoms with Gasteiger partial charge in [0.1, 0.15) is 6.61 Å². The van der Waals surface area contributed by atoms with Crippen molar-refractivity contribution in [3.63, 3.8) is 0 Å². The van der Waals surface area contributed by atoms with Crippen molar-refractivity contribution in [3.8, 4) is 0 Å². The highest BCUT2D eigenvalue weighted by molar-refractivity contribution is 5.87. The molecule has 0 bridgehead atoms. The maximum absolute atomic E-state index is 11.0. The number of ether oxygens (including phenoxy) is 2. The molecule has 0 aliphatic carbocycles. The lowest BCUT2D eigenvalue weighted by Gasteiger charge is -2.03. The molecule has 0 amide bonds. The van der Waals surface area contributed by atoms with Gasteiger partial charge < -0.3 is 14.6 Å². The molecule has 0 aromatic heterocycles. The fourth-order valence-electron chi connectivity index (χ4n) is 1.28. The van der Waals surface area contributed by atoms with Crippen molar-refractivity contribution < 1.29 is 29.0 Å². The lowest BCUT2D eigenvalue weighted by Crippen LogP contribution is -2.05. The molecule has 6 heteroatoms. The molecule has 1 aromatic carbocycles. The SMILES string of the molecule is C=C(C)C(=O)O.C=C(C)C(=O)OCCCC.C=C(C)C(=O)OCc1ccccc1. The van der Waals surface area contributed by atoms with E-state index in [-0.39, 0.29) is 17.5 Å². The van der Waals surface area contributed by atoms with Gasteiger partial charge in [-0.15, -0.1) is 0 Å². The van der Waals surface area contributed by atoms with E-state index in [4.69, 9.17) is 14.6 Å². The van der Waals surface area contributed by atoms with Crippen molar-refractivity contribution in [1.29, 1.82) is 0 Å². The lowest BCUT2D eigenvalue weighted by molar-refractivity contribution is -0.140. The van der Waals surface area contributed by atoms with Crippen LogP contribution >= 0.6 is 0 Å². The minimum atomic E-state index is -0.935. The Morgan fingerprint density at radius 1 is 0.862 bits per heavy atom. The fourth-order valence-corrected chi connectivity index (χ4v) is 1.28. The molecule has 0 unspecified atom stereocenters. The molecule has 0 fully saturated rings. The van der Waals surface area contributed by atoms with Crippen LogP contribution in [0.4, 0.5) is 0 Å². The van der Waals surface area contributed by atoms with Gasteiger partial charge in [-0.1, -0.05) is 63.4 Å². The fraction of sp³-hybridized carbons (Fsp3) is 0.348. The Morgan fingerprint density at radius 3 is 1.69 bits per heavy atom. The first kappa shape index (κ1) is 28.1. The number of hydrogen-bond acceptors (Lipinski definition) is 5. The summed E-state index contributed by atoms with van der Waals surface area (Å²) in [6.45, 7) is 17.7. The quantitative estimate of drug-likeness (QED) is 0.378. The van der Waals surface area contributed by atoms with Crippen LogP contribution in [-0.4, -0.2) is 29.6 Å². The van der Waals surface area contributed by atoms with Gasteiger partial charge in [0.25, 0.3) is 0 Å². The molecule has 160 valence electrons. The van der Waals surface area contributed by atoms with Gasteiger partial charge in [-0.25, -0.2) is 14.4 Å². The molecular formula is C23H32O6. The second-order valence-corrected chi connectivity index (χ2v) is 6.20. The highest BCUT2D eigenvalue weighted by Crippen LogP contribution is 2.02. The maximum Gasteiger partial charge on any atom is 0.333 e. The van der Waals surface area contributed by atoms with Crippen molar-refractivity contribution in [2.45, 2.75) is 47.1 Å². The normalized spacial score (nSPS) is 8.83. The summed E-state index contributed by atoms with van der Waals surface area (Å²) >= 11 is 0. The molecule has 0 saturated heterocycles. The van der Waals surface area contributed by atoms with E-state index in [0.717, 1.165) is 18.4 Å². The van der Waals surface area contributed by atoms with Crippen LogP contribution in [0.1, 0.15) is 46.1 Å². The highest BCUT2D eigenvalue weighted by Gasteiger charge is 2.02. The molecule has 0 aliphatic rings. The first-order valence-electron chi connectivity index (χ1n) is 9.10. The van der Waals surface area contributed by atoms with E-state index in [2.05, 4.69) is 26.7 Å². The molecule has 0 atom stereocenters. The topological polar surface area (TPSA) is 89.9 Å². The van der Waals surface area contributed by atoms with E-state index in [9.17, 15) is 14.4 Å². The Kier molecular flexibility index (Phi) is 16.4. The van der Waals surface area contributed by atoms with Crippen molar-refractivity contribution in [1.82, 2.24) is 0 Å². The van der Waals surface area contributed by atoms with Gasteiger partial charge in [0.2, 0.25) is 0 Å². The zero-order valence-corrected chi connectivity index (χ0v) is 17.8. The molecule has 0 radical (unpaired) electrons. The van der Waals surface area contributed by atoms with Crippen molar-refractivity contribution in [2.75, 3.05) is 6.61 Å². The van der Waals surface area contributed by atoms with Crippen molar-refractivity contribution >= 4 is 17.9 Å². The molecule has 1 aromatic rings. The predicted molar refractivity (Wildman–Crippen MR) is 114 cm³/mol. The summed E-state index contributed by atoms with van der Waals surface area (Å²) in [5.41, 5.74) is 2.05. The van der Waals surface area contributed by atoms with Crippen LogP contribution in [0.5, 0.6) is 0 Å². The minimum absolute atomic E-state index is 0.176. The number of aliphatic carboxylic acids is 1. The van der Waals surface area contributed by atoms with E-state index in [1.165, 1.54) is 6.92 Å². The average Bonchev–Trinajstić information content (AvgIpc) is 2.67. The second kappa shape index (κ2) is 17.0. The predicted octanol–water partition coefficient (Wildman–Crippen LogP) is 4.86. The monoisotopic (exact) mass is 404 g/mol. The molecule has 6 nitrogen and oxygen atoms in total. The number of hydrogen-bond donors (Lipinski definition) is 1. The Bertz CT molecular complexity index is 677. The van der Waals surface area contributed by atoms with Crippen LogP contribution in [0.3, 0.4) is 0 Å². The van der Waals surface area contributed by atoms with Crippen LogP contribution in [0.15, 0.2) is 66.8 Å². The van der Waals surface area contributed by atoms with Gasteiger partial charge >= 0.3 is 17.9 Å². The largest absolute Gasteiger partial charge is 0.478 e. The first-order chi connectivity index (χ1) is 13.5. The van der Waals surface area contributed by atoms with Gasteiger partial charge in [0, 0.05) is 16.7 Å².